The number of benzene rings is 1. The number of nitrogens with zero attached hydrogens (tertiary/aromatic N) is 1. The van der Waals surface area contributed by atoms with Crippen LogP contribution in [0.25, 0.3) is 0 Å². The van der Waals surface area contributed by atoms with E-state index >= 15 is 0 Å². The van der Waals surface area contributed by atoms with Gasteiger partial charge in [0, 0.05) is 25.9 Å². The van der Waals surface area contributed by atoms with Gasteiger partial charge in [0.15, 0.2) is 5.78 Å². The fourth-order valence-electron chi connectivity index (χ4n) is 3.52. The predicted octanol–water partition coefficient (Wildman–Crippen LogP) is 2.06. The third-order valence-electron chi connectivity index (χ3n) is 4.63. The molecule has 5 nitrogen and oxygen atoms in total. The van der Waals surface area contributed by atoms with Crippen molar-refractivity contribution >= 4 is 15.8 Å². The van der Waals surface area contributed by atoms with E-state index in [0.29, 0.717) is 43.7 Å². The molecule has 2 heterocycles. The lowest BCUT2D eigenvalue weighted by molar-refractivity contribution is 0.00588. The predicted molar refractivity (Wildman–Crippen MR) is 83.9 cm³/mol. The third kappa shape index (κ3) is 2.65. The molecule has 0 aliphatic carbocycles. The van der Waals surface area contributed by atoms with E-state index in [-0.39, 0.29) is 5.78 Å². The Labute approximate surface area is 131 Å². The molecule has 0 bridgehead atoms. The number of rotatable bonds is 1. The number of ketones is 1. The van der Waals surface area contributed by atoms with Crippen LogP contribution in [-0.2, 0) is 10.0 Å². The number of fused-ring (bicyclic) bond motifs is 1. The van der Waals surface area contributed by atoms with Gasteiger partial charge in [0.1, 0.15) is 11.4 Å². The van der Waals surface area contributed by atoms with Crippen molar-refractivity contribution in [2.75, 3.05) is 19.3 Å². The quantitative estimate of drug-likeness (QED) is 0.793. The van der Waals surface area contributed by atoms with Crippen molar-refractivity contribution in [1.82, 2.24) is 4.31 Å². The van der Waals surface area contributed by atoms with Crippen LogP contribution in [0.5, 0.6) is 5.75 Å². The molecule has 2 aliphatic rings. The smallest absolute Gasteiger partial charge is 0.211 e. The summed E-state index contributed by atoms with van der Waals surface area (Å²) in [5, 5.41) is 0. The molecule has 1 saturated heterocycles. The molecule has 1 spiro atoms. The Morgan fingerprint density at radius 1 is 1.18 bits per heavy atom. The van der Waals surface area contributed by atoms with E-state index in [1.165, 1.54) is 10.6 Å². The van der Waals surface area contributed by atoms with Crippen LogP contribution in [0.4, 0.5) is 0 Å². The van der Waals surface area contributed by atoms with Gasteiger partial charge in [-0.25, -0.2) is 12.7 Å². The lowest BCUT2D eigenvalue weighted by atomic mass is 9.82. The first-order valence-corrected chi connectivity index (χ1v) is 9.34. The van der Waals surface area contributed by atoms with E-state index in [0.717, 1.165) is 11.1 Å². The van der Waals surface area contributed by atoms with Gasteiger partial charge in [-0.1, -0.05) is 6.07 Å². The normalized spacial score (nSPS) is 21.5. The van der Waals surface area contributed by atoms with Crippen LogP contribution < -0.4 is 4.74 Å². The van der Waals surface area contributed by atoms with Crippen molar-refractivity contribution < 1.29 is 17.9 Å². The summed E-state index contributed by atoms with van der Waals surface area (Å²) in [6.45, 7) is 4.73. The zero-order valence-corrected chi connectivity index (χ0v) is 14.0. The Balaban J connectivity index is 1.89. The van der Waals surface area contributed by atoms with Gasteiger partial charge >= 0.3 is 0 Å². The fourth-order valence-corrected chi connectivity index (χ4v) is 4.37. The van der Waals surface area contributed by atoms with Gasteiger partial charge in [-0.3, -0.25) is 4.79 Å². The van der Waals surface area contributed by atoms with Gasteiger partial charge in [0.25, 0.3) is 0 Å². The monoisotopic (exact) mass is 323 g/mol. The molecule has 1 aromatic carbocycles. The first-order chi connectivity index (χ1) is 10.2. The highest BCUT2D eigenvalue weighted by molar-refractivity contribution is 7.88. The Morgan fingerprint density at radius 2 is 1.82 bits per heavy atom. The molecule has 22 heavy (non-hydrogen) atoms. The highest BCUT2D eigenvalue weighted by Gasteiger charge is 2.44. The summed E-state index contributed by atoms with van der Waals surface area (Å²) >= 11 is 0. The largest absolute Gasteiger partial charge is 0.486 e. The molecule has 0 unspecified atom stereocenters. The third-order valence-corrected chi connectivity index (χ3v) is 5.94. The van der Waals surface area contributed by atoms with Crippen molar-refractivity contribution in [3.05, 3.63) is 28.8 Å². The Hall–Kier alpha value is -1.40. The SMILES string of the molecule is Cc1cc(C)c2c(c1)OC1(CCN(S(C)(=O)=O)CC1)CC2=O. The zero-order chi connectivity index (χ0) is 16.1. The minimum absolute atomic E-state index is 0.103. The second-order valence-electron chi connectivity index (χ2n) is 6.50. The minimum Gasteiger partial charge on any atom is -0.486 e. The molecular weight excluding hydrogens is 302 g/mol. The molecule has 0 aromatic heterocycles. The molecule has 6 heteroatoms. The topological polar surface area (TPSA) is 63.7 Å². The summed E-state index contributed by atoms with van der Waals surface area (Å²) in [4.78, 5) is 12.6. The number of carbonyl (C=O) groups excluding carboxylic acids is 1. The van der Waals surface area contributed by atoms with E-state index in [9.17, 15) is 13.2 Å². The van der Waals surface area contributed by atoms with Crippen LogP contribution in [0.1, 0.15) is 40.7 Å². The maximum absolute atomic E-state index is 12.6. The number of carbonyl (C=O) groups is 1. The van der Waals surface area contributed by atoms with Crippen molar-refractivity contribution in [3.8, 4) is 5.75 Å². The van der Waals surface area contributed by atoms with Crippen LogP contribution in [0, 0.1) is 13.8 Å². The van der Waals surface area contributed by atoms with Crippen molar-refractivity contribution in [2.45, 2.75) is 38.7 Å². The van der Waals surface area contributed by atoms with Crippen molar-refractivity contribution in [1.29, 1.82) is 0 Å². The first kappa shape index (κ1) is 15.5. The number of hydrogen-bond donors (Lipinski definition) is 0. The highest BCUT2D eigenvalue weighted by atomic mass is 32.2. The van der Waals surface area contributed by atoms with Gasteiger partial charge < -0.3 is 4.74 Å². The standard InChI is InChI=1S/C16H21NO4S/c1-11-8-12(2)15-13(18)10-16(21-14(15)9-11)4-6-17(7-5-16)22(3,19)20/h8-9H,4-7,10H2,1-3H3. The maximum Gasteiger partial charge on any atom is 0.211 e. The van der Waals surface area contributed by atoms with Gasteiger partial charge in [0.2, 0.25) is 10.0 Å². The number of hydrogen-bond acceptors (Lipinski definition) is 4. The number of aryl methyl sites for hydroxylation is 2. The van der Waals surface area contributed by atoms with Crippen molar-refractivity contribution in [3.63, 3.8) is 0 Å². The lowest BCUT2D eigenvalue weighted by Gasteiger charge is -2.43. The molecule has 0 saturated carbocycles. The van der Waals surface area contributed by atoms with Crippen LogP contribution in [-0.4, -0.2) is 43.5 Å². The van der Waals surface area contributed by atoms with Crippen LogP contribution in [0.15, 0.2) is 12.1 Å². The summed E-state index contributed by atoms with van der Waals surface area (Å²) in [5.41, 5.74) is 2.14. The maximum atomic E-state index is 12.6. The van der Waals surface area contributed by atoms with Crippen molar-refractivity contribution in [2.24, 2.45) is 0 Å². The zero-order valence-electron chi connectivity index (χ0n) is 13.2. The van der Waals surface area contributed by atoms with Gasteiger partial charge in [-0.05, 0) is 31.0 Å². The van der Waals surface area contributed by atoms with Gasteiger partial charge in [-0.15, -0.1) is 0 Å². The van der Waals surface area contributed by atoms with E-state index in [2.05, 4.69) is 0 Å². The molecule has 3 rings (SSSR count). The Bertz CT molecular complexity index is 731. The number of ether oxygens (including phenoxy) is 1. The van der Waals surface area contributed by atoms with E-state index < -0.39 is 15.6 Å². The number of Topliss-reactive ketones (excluding diaryl/α,β-unsaturated/α-hetero) is 1. The molecular formula is C16H21NO4S. The molecule has 0 radical (unpaired) electrons. The molecule has 120 valence electrons. The molecule has 0 N–H and O–H groups in total. The Kier molecular flexibility index (Phi) is 3.57. The molecule has 1 aromatic rings. The Morgan fingerprint density at radius 3 is 2.41 bits per heavy atom. The average Bonchev–Trinajstić information content (AvgIpc) is 2.36. The second-order valence-corrected chi connectivity index (χ2v) is 8.48. The average molecular weight is 323 g/mol. The number of sulfonamides is 1. The summed E-state index contributed by atoms with van der Waals surface area (Å²) in [5.74, 6) is 0.758. The van der Waals surface area contributed by atoms with E-state index in [1.807, 2.05) is 26.0 Å². The van der Waals surface area contributed by atoms with Gasteiger partial charge in [-0.2, -0.15) is 0 Å². The summed E-state index contributed by atoms with van der Waals surface area (Å²) < 4.78 is 30.9. The molecule has 2 aliphatic heterocycles. The van der Waals surface area contributed by atoms with Crippen LogP contribution >= 0.6 is 0 Å². The summed E-state index contributed by atoms with van der Waals surface area (Å²) in [6, 6.07) is 3.90. The summed E-state index contributed by atoms with van der Waals surface area (Å²) in [6.07, 6.45) is 2.66. The van der Waals surface area contributed by atoms with Crippen LogP contribution in [0.2, 0.25) is 0 Å². The fraction of sp³-hybridized carbons (Fsp3) is 0.562. The van der Waals surface area contributed by atoms with Gasteiger partial charge in [0.05, 0.1) is 18.2 Å². The minimum atomic E-state index is -3.18. The lowest BCUT2D eigenvalue weighted by Crippen LogP contribution is -2.52. The highest BCUT2D eigenvalue weighted by Crippen LogP contribution is 2.41. The molecule has 0 atom stereocenters. The summed E-state index contributed by atoms with van der Waals surface area (Å²) in [7, 11) is -3.18. The first-order valence-electron chi connectivity index (χ1n) is 7.49. The number of piperidine rings is 1. The van der Waals surface area contributed by atoms with E-state index in [1.54, 1.807) is 0 Å². The van der Waals surface area contributed by atoms with E-state index in [4.69, 9.17) is 4.74 Å². The van der Waals surface area contributed by atoms with Crippen LogP contribution in [0.3, 0.4) is 0 Å². The molecule has 0 amide bonds. The second kappa shape index (κ2) is 5.06. The molecule has 1 fully saturated rings.